The SMILES string of the molecule is C#CCN(Cc1ccc(C(F)(F)F)cc1)C(=O)c1nnc2c3cc(C)ccc3n(S(=O)(=O)c3ccc(OC)cc3)c2n1. The van der Waals surface area contributed by atoms with Gasteiger partial charge in [0.15, 0.2) is 5.65 Å². The highest BCUT2D eigenvalue weighted by Gasteiger charge is 2.31. The Morgan fingerprint density at radius 1 is 1.05 bits per heavy atom. The molecule has 42 heavy (non-hydrogen) atoms. The van der Waals surface area contributed by atoms with Gasteiger partial charge in [-0.2, -0.15) is 13.2 Å². The summed E-state index contributed by atoms with van der Waals surface area (Å²) in [4.78, 5) is 18.9. The molecular weight excluding hydrogens is 571 g/mol. The molecule has 0 aliphatic heterocycles. The van der Waals surface area contributed by atoms with Gasteiger partial charge in [-0.25, -0.2) is 17.4 Å². The third-order valence-corrected chi connectivity index (χ3v) is 8.22. The summed E-state index contributed by atoms with van der Waals surface area (Å²) >= 11 is 0. The van der Waals surface area contributed by atoms with Crippen LogP contribution in [0.5, 0.6) is 5.75 Å². The summed E-state index contributed by atoms with van der Waals surface area (Å²) in [5, 5.41) is 8.61. The van der Waals surface area contributed by atoms with E-state index in [-0.39, 0.29) is 34.7 Å². The second kappa shape index (κ2) is 10.8. The molecular formula is C29H22F3N5O4S. The highest BCUT2D eigenvalue weighted by Crippen LogP contribution is 2.32. The number of hydrogen-bond acceptors (Lipinski definition) is 7. The van der Waals surface area contributed by atoms with Gasteiger partial charge in [0.1, 0.15) is 11.3 Å². The predicted molar refractivity (Wildman–Crippen MR) is 148 cm³/mol. The third kappa shape index (κ3) is 5.24. The molecule has 0 saturated heterocycles. The molecule has 0 bridgehead atoms. The van der Waals surface area contributed by atoms with Crippen molar-refractivity contribution in [2.24, 2.45) is 0 Å². The van der Waals surface area contributed by atoms with Gasteiger partial charge in [-0.05, 0) is 61.0 Å². The van der Waals surface area contributed by atoms with Crippen LogP contribution in [-0.2, 0) is 22.7 Å². The van der Waals surface area contributed by atoms with Gasteiger partial charge in [-0.3, -0.25) is 4.79 Å². The number of fused-ring (bicyclic) bond motifs is 3. The largest absolute Gasteiger partial charge is 0.497 e. The normalized spacial score (nSPS) is 11.9. The molecule has 0 N–H and O–H groups in total. The van der Waals surface area contributed by atoms with Gasteiger partial charge in [-0.15, -0.1) is 16.6 Å². The maximum Gasteiger partial charge on any atom is 0.416 e. The Balaban J connectivity index is 1.60. The van der Waals surface area contributed by atoms with Crippen LogP contribution in [0.3, 0.4) is 0 Å². The first-order valence-corrected chi connectivity index (χ1v) is 13.8. The molecule has 214 valence electrons. The number of carbonyl (C=O) groups is 1. The van der Waals surface area contributed by atoms with E-state index >= 15 is 0 Å². The number of carbonyl (C=O) groups excluding carboxylic acids is 1. The van der Waals surface area contributed by atoms with E-state index < -0.39 is 33.5 Å². The van der Waals surface area contributed by atoms with E-state index in [0.29, 0.717) is 16.7 Å². The Hall–Kier alpha value is -4.96. The van der Waals surface area contributed by atoms with Crippen molar-refractivity contribution in [3.8, 4) is 18.1 Å². The molecule has 0 aliphatic carbocycles. The highest BCUT2D eigenvalue weighted by molar-refractivity contribution is 7.90. The zero-order chi connectivity index (χ0) is 30.2. The minimum Gasteiger partial charge on any atom is -0.497 e. The van der Waals surface area contributed by atoms with Gasteiger partial charge >= 0.3 is 6.18 Å². The quantitative estimate of drug-likeness (QED) is 0.249. The van der Waals surface area contributed by atoms with Crippen molar-refractivity contribution in [3.63, 3.8) is 0 Å². The van der Waals surface area contributed by atoms with Gasteiger partial charge in [0.05, 0.1) is 29.6 Å². The van der Waals surface area contributed by atoms with Gasteiger partial charge in [-0.1, -0.05) is 29.7 Å². The van der Waals surface area contributed by atoms with Crippen molar-refractivity contribution >= 4 is 38.0 Å². The first-order chi connectivity index (χ1) is 19.9. The molecule has 0 atom stereocenters. The lowest BCUT2D eigenvalue weighted by Gasteiger charge is -2.19. The average Bonchev–Trinajstić information content (AvgIpc) is 3.30. The van der Waals surface area contributed by atoms with Crippen LogP contribution in [-0.4, -0.2) is 52.0 Å². The van der Waals surface area contributed by atoms with Crippen LogP contribution in [0.4, 0.5) is 13.2 Å². The molecule has 3 aromatic carbocycles. The fourth-order valence-electron chi connectivity index (χ4n) is 4.42. The molecule has 2 aromatic heterocycles. The topological polar surface area (TPSA) is 107 Å². The van der Waals surface area contributed by atoms with Crippen LogP contribution in [0.15, 0.2) is 71.6 Å². The van der Waals surface area contributed by atoms with Crippen molar-refractivity contribution in [1.29, 1.82) is 0 Å². The highest BCUT2D eigenvalue weighted by atomic mass is 32.2. The number of nitrogens with zero attached hydrogens (tertiary/aromatic N) is 5. The lowest BCUT2D eigenvalue weighted by Crippen LogP contribution is -2.32. The fraction of sp³-hybridized carbons (Fsp3) is 0.172. The Kier molecular flexibility index (Phi) is 7.34. The van der Waals surface area contributed by atoms with Crippen LogP contribution >= 0.6 is 0 Å². The number of terminal acetylenes is 1. The van der Waals surface area contributed by atoms with E-state index in [9.17, 15) is 26.4 Å². The summed E-state index contributed by atoms with van der Waals surface area (Å²) in [5.41, 5.74) is 0.700. The molecule has 9 nitrogen and oxygen atoms in total. The van der Waals surface area contributed by atoms with Crippen LogP contribution in [0.2, 0.25) is 0 Å². The van der Waals surface area contributed by atoms with E-state index in [0.717, 1.165) is 26.6 Å². The minimum absolute atomic E-state index is 0.0505. The Bertz CT molecular complexity index is 1960. The summed E-state index contributed by atoms with van der Waals surface area (Å²) in [6.07, 6.45) is 0.952. The molecule has 0 radical (unpaired) electrons. The molecule has 13 heteroatoms. The molecule has 0 spiro atoms. The molecule has 0 saturated carbocycles. The van der Waals surface area contributed by atoms with Gasteiger partial charge < -0.3 is 9.64 Å². The standard InChI is InChI=1S/C29H22F3N5O4S/c1-4-15-36(17-19-6-8-20(9-7-19)29(30,31)32)28(38)26-33-27-25(34-35-26)23-16-18(2)5-14-24(23)37(27)42(39,40)22-12-10-21(41-3)11-13-22/h1,5-14,16H,15,17H2,2-3H3. The fourth-order valence-corrected chi connectivity index (χ4v) is 5.89. The monoisotopic (exact) mass is 593 g/mol. The third-order valence-electron chi connectivity index (χ3n) is 6.50. The predicted octanol–water partition coefficient (Wildman–Crippen LogP) is 4.83. The Morgan fingerprint density at radius 2 is 1.74 bits per heavy atom. The molecule has 0 aliphatic rings. The van der Waals surface area contributed by atoms with Crippen LogP contribution in [0.25, 0.3) is 22.1 Å². The maximum atomic E-state index is 13.9. The number of alkyl halides is 3. The average molecular weight is 594 g/mol. The first kappa shape index (κ1) is 28.6. The lowest BCUT2D eigenvalue weighted by atomic mass is 10.1. The second-order valence-corrected chi connectivity index (χ2v) is 11.1. The van der Waals surface area contributed by atoms with E-state index in [1.165, 1.54) is 43.5 Å². The molecule has 0 unspecified atom stereocenters. The zero-order valence-electron chi connectivity index (χ0n) is 22.3. The van der Waals surface area contributed by atoms with Crippen LogP contribution in [0, 0.1) is 19.3 Å². The number of halogens is 3. The number of hydrogen-bond donors (Lipinski definition) is 0. The van der Waals surface area contributed by atoms with Crippen molar-refractivity contribution in [1.82, 2.24) is 24.1 Å². The summed E-state index contributed by atoms with van der Waals surface area (Å²) < 4.78 is 72.9. The van der Waals surface area contributed by atoms with Gasteiger partial charge in [0.2, 0.25) is 5.82 Å². The minimum atomic E-state index is -4.51. The maximum absolute atomic E-state index is 13.9. The van der Waals surface area contributed by atoms with Crippen molar-refractivity contribution in [2.75, 3.05) is 13.7 Å². The molecule has 5 rings (SSSR count). The Labute approximate surface area is 238 Å². The molecule has 2 heterocycles. The number of ether oxygens (including phenoxy) is 1. The number of aromatic nitrogens is 4. The number of methoxy groups -OCH3 is 1. The molecule has 0 fully saturated rings. The van der Waals surface area contributed by atoms with E-state index in [1.807, 2.05) is 6.92 Å². The smallest absolute Gasteiger partial charge is 0.416 e. The van der Waals surface area contributed by atoms with Crippen molar-refractivity contribution in [2.45, 2.75) is 24.5 Å². The molecule has 5 aromatic rings. The van der Waals surface area contributed by atoms with E-state index in [4.69, 9.17) is 11.2 Å². The summed E-state index contributed by atoms with van der Waals surface area (Å²) in [5.74, 6) is 1.59. The summed E-state index contributed by atoms with van der Waals surface area (Å²) in [7, 11) is -2.78. The van der Waals surface area contributed by atoms with Gasteiger partial charge in [0, 0.05) is 11.9 Å². The van der Waals surface area contributed by atoms with Crippen LogP contribution in [0.1, 0.15) is 27.3 Å². The lowest BCUT2D eigenvalue weighted by molar-refractivity contribution is -0.137. The summed E-state index contributed by atoms with van der Waals surface area (Å²) in [6, 6.07) is 15.2. The van der Waals surface area contributed by atoms with Crippen LogP contribution < -0.4 is 4.74 Å². The Morgan fingerprint density at radius 3 is 2.36 bits per heavy atom. The van der Waals surface area contributed by atoms with Gasteiger partial charge in [0.25, 0.3) is 15.9 Å². The zero-order valence-corrected chi connectivity index (χ0v) is 23.1. The van der Waals surface area contributed by atoms with E-state index in [1.54, 1.807) is 18.2 Å². The number of amides is 1. The number of aryl methyl sites for hydroxylation is 1. The first-order valence-electron chi connectivity index (χ1n) is 12.4. The number of benzene rings is 3. The second-order valence-electron chi connectivity index (χ2n) is 9.33. The summed E-state index contributed by atoms with van der Waals surface area (Å²) in [6.45, 7) is 1.47. The number of rotatable bonds is 7. The molecule has 1 amide bonds. The van der Waals surface area contributed by atoms with Crippen molar-refractivity contribution < 1.29 is 31.1 Å². The van der Waals surface area contributed by atoms with E-state index in [2.05, 4.69) is 21.1 Å². The van der Waals surface area contributed by atoms with Crippen molar-refractivity contribution in [3.05, 3.63) is 89.2 Å².